The van der Waals surface area contributed by atoms with Crippen molar-refractivity contribution in [2.45, 2.75) is 169 Å². The van der Waals surface area contributed by atoms with Crippen LogP contribution in [0.1, 0.15) is 164 Å². The number of fused-ring (bicyclic) bond motifs is 6. The summed E-state index contributed by atoms with van der Waals surface area (Å²) in [5, 5.41) is 0. The van der Waals surface area contributed by atoms with E-state index < -0.39 is 0 Å². The molecule has 0 aromatic heterocycles. The smallest absolute Gasteiger partial charge is 0.252 e. The largest absolute Gasteiger partial charge is 0.335 e. The SMILES string of the molecule is CC(C)(C)c1ccc(N2c3cc(N4c5ccccc5C(C)(C)C5(C)CCCCC45C)ccc3B3c4ccc(C(C)(C)C)cc4N(c4ccc(C(C)(C)C)cc4-c4ccccc4)c4cc(C(C)(C)C)cc2c43)cc1. The zero-order chi connectivity index (χ0) is 52.0. The van der Waals surface area contributed by atoms with E-state index in [9.17, 15) is 0 Å². The summed E-state index contributed by atoms with van der Waals surface area (Å²) in [5.41, 5.74) is 23.1. The van der Waals surface area contributed by atoms with Gasteiger partial charge in [0.15, 0.2) is 0 Å². The quantitative estimate of drug-likeness (QED) is 0.163. The van der Waals surface area contributed by atoms with Gasteiger partial charge in [0.1, 0.15) is 0 Å². The zero-order valence-electron chi connectivity index (χ0n) is 47.1. The molecule has 3 aliphatic heterocycles. The van der Waals surface area contributed by atoms with Gasteiger partial charge in [0, 0.05) is 56.3 Å². The third kappa shape index (κ3) is 7.57. The molecule has 0 spiro atoms. The lowest BCUT2D eigenvalue weighted by molar-refractivity contribution is 0.0106. The fraction of sp³-hybridized carbons (Fsp3) is 0.391. The van der Waals surface area contributed by atoms with Crippen LogP contribution >= 0.6 is 0 Å². The molecule has 11 rings (SSSR count). The minimum Gasteiger partial charge on any atom is -0.335 e. The Morgan fingerprint density at radius 2 is 0.918 bits per heavy atom. The Hall–Kier alpha value is -6.00. The molecular weight excluding hydrogens is 882 g/mol. The van der Waals surface area contributed by atoms with Gasteiger partial charge in [-0.15, -0.1) is 0 Å². The van der Waals surface area contributed by atoms with E-state index >= 15 is 0 Å². The Kier molecular flexibility index (Phi) is 11.1. The maximum atomic E-state index is 2.80. The summed E-state index contributed by atoms with van der Waals surface area (Å²) in [6.07, 6.45) is 4.87. The molecule has 1 fully saturated rings. The molecule has 73 heavy (non-hydrogen) atoms. The van der Waals surface area contributed by atoms with Gasteiger partial charge in [-0.25, -0.2) is 0 Å². The molecule has 0 amide bonds. The van der Waals surface area contributed by atoms with Gasteiger partial charge in [-0.3, -0.25) is 0 Å². The van der Waals surface area contributed by atoms with E-state index in [1.807, 2.05) is 0 Å². The summed E-state index contributed by atoms with van der Waals surface area (Å²) < 4.78 is 0. The number of benzene rings is 7. The molecule has 1 aliphatic carbocycles. The Morgan fingerprint density at radius 3 is 1.56 bits per heavy atom. The Balaban J connectivity index is 1.25. The van der Waals surface area contributed by atoms with Crippen LogP contribution < -0.4 is 31.1 Å². The molecule has 0 radical (unpaired) electrons. The topological polar surface area (TPSA) is 9.72 Å². The maximum Gasteiger partial charge on any atom is 0.252 e. The second-order valence-electron chi connectivity index (χ2n) is 27.5. The van der Waals surface area contributed by atoms with Crippen LogP contribution in [0.5, 0.6) is 0 Å². The van der Waals surface area contributed by atoms with Gasteiger partial charge in [-0.05, 0) is 157 Å². The molecule has 7 aromatic rings. The van der Waals surface area contributed by atoms with Gasteiger partial charge in [0.25, 0.3) is 6.71 Å². The molecule has 0 saturated heterocycles. The highest BCUT2D eigenvalue weighted by Crippen LogP contribution is 2.65. The van der Waals surface area contributed by atoms with Gasteiger partial charge < -0.3 is 14.7 Å². The van der Waals surface area contributed by atoms with Gasteiger partial charge in [0.05, 0.1) is 5.69 Å². The molecule has 2 unspecified atom stereocenters. The highest BCUT2D eigenvalue weighted by atomic mass is 15.3. The minimum atomic E-state index is -0.146. The Bertz CT molecular complexity index is 3300. The average Bonchev–Trinajstić information content (AvgIpc) is 3.33. The summed E-state index contributed by atoms with van der Waals surface area (Å²) >= 11 is 0. The van der Waals surface area contributed by atoms with Crippen molar-refractivity contribution in [1.82, 2.24) is 0 Å². The van der Waals surface area contributed by atoms with E-state index in [4.69, 9.17) is 0 Å². The van der Waals surface area contributed by atoms with Crippen molar-refractivity contribution >= 4 is 68.6 Å². The molecule has 2 atom stereocenters. The first kappa shape index (κ1) is 49.2. The van der Waals surface area contributed by atoms with Crippen LogP contribution in [0.4, 0.5) is 45.5 Å². The van der Waals surface area contributed by atoms with E-state index in [2.05, 4.69) is 271 Å². The molecule has 3 heterocycles. The Morgan fingerprint density at radius 1 is 0.411 bits per heavy atom. The lowest BCUT2D eigenvalue weighted by Crippen LogP contribution is -2.67. The summed E-state index contributed by atoms with van der Waals surface area (Å²) in [7, 11) is 0. The lowest BCUT2D eigenvalue weighted by Gasteiger charge is -2.66. The summed E-state index contributed by atoms with van der Waals surface area (Å²) in [5.74, 6) is 0. The Labute approximate surface area is 440 Å². The predicted octanol–water partition coefficient (Wildman–Crippen LogP) is 17.4. The highest BCUT2D eigenvalue weighted by molar-refractivity contribution is 7.00. The predicted molar refractivity (Wildman–Crippen MR) is 317 cm³/mol. The molecule has 4 aliphatic rings. The number of rotatable bonds is 4. The zero-order valence-corrected chi connectivity index (χ0v) is 47.1. The monoisotopic (exact) mass is 962 g/mol. The first-order valence-electron chi connectivity index (χ1n) is 27.5. The van der Waals surface area contributed by atoms with Gasteiger partial charge in [-0.2, -0.15) is 0 Å². The lowest BCUT2D eigenvalue weighted by atomic mass is 9.33. The summed E-state index contributed by atoms with van der Waals surface area (Å²) in [6.45, 7) is 38.5. The second kappa shape index (κ2) is 16.5. The van der Waals surface area contributed by atoms with Crippen molar-refractivity contribution in [3.05, 3.63) is 173 Å². The normalized spacial score (nSPS) is 20.2. The van der Waals surface area contributed by atoms with Crippen molar-refractivity contribution in [3.63, 3.8) is 0 Å². The van der Waals surface area contributed by atoms with Gasteiger partial charge in [0.2, 0.25) is 0 Å². The molecule has 3 nitrogen and oxygen atoms in total. The maximum absolute atomic E-state index is 2.80. The third-order valence-corrected chi connectivity index (χ3v) is 18.7. The van der Waals surface area contributed by atoms with E-state index in [0.29, 0.717) is 0 Å². The standard InChI is InChI=1S/C69H80BN3/c1-63(2,3)46-28-32-50(33-29-46)71-59-44-51(73-57-27-21-20-26-53(57)67(13,14)68(15)38-22-23-39-69(68,73)16)34-36-55(59)70-54-35-30-48(65(7,8)9)41-58(54)72(61-43-49(66(10,11)12)42-60(71)62(61)70)56-37-31-47(64(4,5)6)40-52(56)45-24-18-17-19-25-45/h17-21,24-37,40-44H,22-23,38-39H2,1-16H3. The van der Waals surface area contributed by atoms with Crippen LogP contribution in [-0.2, 0) is 27.1 Å². The van der Waals surface area contributed by atoms with Gasteiger partial charge in [-0.1, -0.05) is 202 Å². The van der Waals surface area contributed by atoms with Gasteiger partial charge >= 0.3 is 0 Å². The van der Waals surface area contributed by atoms with Crippen molar-refractivity contribution in [3.8, 4) is 11.1 Å². The van der Waals surface area contributed by atoms with Crippen LogP contribution in [0.3, 0.4) is 0 Å². The number of para-hydroxylation sites is 1. The molecule has 7 aromatic carbocycles. The molecule has 0 N–H and O–H groups in total. The van der Waals surface area contributed by atoms with Crippen LogP contribution in [0.15, 0.2) is 146 Å². The third-order valence-electron chi connectivity index (χ3n) is 18.7. The van der Waals surface area contributed by atoms with Crippen molar-refractivity contribution in [2.75, 3.05) is 14.7 Å². The van der Waals surface area contributed by atoms with Crippen LogP contribution in [0, 0.1) is 5.41 Å². The van der Waals surface area contributed by atoms with Crippen LogP contribution in [-0.4, -0.2) is 12.3 Å². The molecule has 374 valence electrons. The molecule has 4 heteroatoms. The number of hydrogen-bond acceptors (Lipinski definition) is 3. The fourth-order valence-corrected chi connectivity index (χ4v) is 13.7. The first-order valence-corrected chi connectivity index (χ1v) is 27.5. The fourth-order valence-electron chi connectivity index (χ4n) is 13.7. The van der Waals surface area contributed by atoms with E-state index in [0.717, 1.165) is 6.42 Å². The minimum absolute atomic E-state index is 0.0000363. The van der Waals surface area contributed by atoms with E-state index in [1.54, 1.807) is 0 Å². The summed E-state index contributed by atoms with van der Waals surface area (Å²) in [4.78, 5) is 8.13. The molecule has 0 bridgehead atoms. The second-order valence-corrected chi connectivity index (χ2v) is 27.5. The van der Waals surface area contributed by atoms with Crippen LogP contribution in [0.25, 0.3) is 11.1 Å². The average molecular weight is 962 g/mol. The van der Waals surface area contributed by atoms with E-state index in [1.165, 1.54) is 120 Å². The first-order chi connectivity index (χ1) is 34.2. The summed E-state index contributed by atoms with van der Waals surface area (Å²) in [6, 6.07) is 57.5. The molecule has 1 saturated carbocycles. The van der Waals surface area contributed by atoms with E-state index in [-0.39, 0.29) is 44.7 Å². The number of hydrogen-bond donors (Lipinski definition) is 0. The van der Waals surface area contributed by atoms with Crippen LogP contribution in [0.2, 0.25) is 0 Å². The number of anilines is 8. The van der Waals surface area contributed by atoms with Crippen molar-refractivity contribution in [2.24, 2.45) is 5.41 Å². The number of nitrogens with zero attached hydrogens (tertiary/aromatic N) is 3. The molecular formula is C69H80BN3. The van der Waals surface area contributed by atoms with Crippen molar-refractivity contribution < 1.29 is 0 Å². The van der Waals surface area contributed by atoms with Crippen molar-refractivity contribution in [1.29, 1.82) is 0 Å². The highest BCUT2D eigenvalue weighted by Gasteiger charge is 2.62.